The van der Waals surface area contributed by atoms with Crippen LogP contribution in [0.25, 0.3) is 0 Å². The molecule has 0 aromatic heterocycles. The number of hydrogen-bond acceptors (Lipinski definition) is 4. The standard InChI is InChI=1S/C11H11ClN2O5/c12-6-1-2-8(15)7(3-6)11(19)14-4-9(16)13-5-10(17)18/h1-3,15H,4-5H2,(H,13,16)(H,14,19)(H,17,18). The van der Waals surface area contributed by atoms with Crippen molar-refractivity contribution in [2.75, 3.05) is 13.1 Å². The van der Waals surface area contributed by atoms with Gasteiger partial charge in [0.05, 0.1) is 12.1 Å². The fourth-order valence-electron chi connectivity index (χ4n) is 1.18. The first-order valence-corrected chi connectivity index (χ1v) is 5.53. The highest BCUT2D eigenvalue weighted by molar-refractivity contribution is 6.31. The van der Waals surface area contributed by atoms with E-state index in [1.807, 2.05) is 0 Å². The number of nitrogens with one attached hydrogen (secondary N) is 2. The summed E-state index contributed by atoms with van der Waals surface area (Å²) in [5.74, 6) is -2.80. The average molecular weight is 287 g/mol. The maximum absolute atomic E-state index is 11.6. The van der Waals surface area contributed by atoms with Gasteiger partial charge in [0.25, 0.3) is 5.91 Å². The summed E-state index contributed by atoms with van der Waals surface area (Å²) < 4.78 is 0. The number of hydrogen-bond donors (Lipinski definition) is 4. The van der Waals surface area contributed by atoms with Crippen molar-refractivity contribution in [1.82, 2.24) is 10.6 Å². The molecule has 1 aromatic carbocycles. The van der Waals surface area contributed by atoms with E-state index in [4.69, 9.17) is 16.7 Å². The molecule has 1 aromatic rings. The molecule has 102 valence electrons. The topological polar surface area (TPSA) is 116 Å². The van der Waals surface area contributed by atoms with E-state index in [1.54, 1.807) is 0 Å². The molecule has 0 saturated carbocycles. The molecule has 0 heterocycles. The molecule has 2 amide bonds. The number of aromatic hydroxyl groups is 1. The van der Waals surface area contributed by atoms with Gasteiger partial charge >= 0.3 is 5.97 Å². The molecular formula is C11H11ClN2O5. The van der Waals surface area contributed by atoms with E-state index in [9.17, 15) is 19.5 Å². The minimum Gasteiger partial charge on any atom is -0.507 e. The minimum atomic E-state index is -1.19. The fraction of sp³-hybridized carbons (Fsp3) is 0.182. The summed E-state index contributed by atoms with van der Waals surface area (Å²) in [5.41, 5.74) is -0.0708. The summed E-state index contributed by atoms with van der Waals surface area (Å²) in [6.07, 6.45) is 0. The van der Waals surface area contributed by atoms with Crippen LogP contribution >= 0.6 is 11.6 Å². The van der Waals surface area contributed by atoms with E-state index >= 15 is 0 Å². The maximum Gasteiger partial charge on any atom is 0.322 e. The Morgan fingerprint density at radius 3 is 2.47 bits per heavy atom. The second kappa shape index (κ2) is 6.60. The zero-order chi connectivity index (χ0) is 14.4. The van der Waals surface area contributed by atoms with Crippen LogP contribution in [-0.2, 0) is 9.59 Å². The lowest BCUT2D eigenvalue weighted by molar-refractivity contribution is -0.137. The second-order valence-corrected chi connectivity index (χ2v) is 3.95. The summed E-state index contributed by atoms with van der Waals surface area (Å²) >= 11 is 5.67. The molecule has 8 heteroatoms. The number of aliphatic carboxylic acids is 1. The van der Waals surface area contributed by atoms with Crippen molar-refractivity contribution in [1.29, 1.82) is 0 Å². The minimum absolute atomic E-state index is 0.0708. The van der Waals surface area contributed by atoms with Gasteiger partial charge in [-0.1, -0.05) is 11.6 Å². The summed E-state index contributed by atoms with van der Waals surface area (Å²) in [5, 5.41) is 22.3. The zero-order valence-electron chi connectivity index (χ0n) is 9.64. The van der Waals surface area contributed by atoms with Gasteiger partial charge in [-0.3, -0.25) is 14.4 Å². The first-order valence-electron chi connectivity index (χ1n) is 5.15. The van der Waals surface area contributed by atoms with E-state index in [0.29, 0.717) is 0 Å². The van der Waals surface area contributed by atoms with Crippen molar-refractivity contribution < 1.29 is 24.6 Å². The Morgan fingerprint density at radius 2 is 1.84 bits per heavy atom. The molecule has 0 aliphatic heterocycles. The number of carbonyl (C=O) groups excluding carboxylic acids is 2. The summed E-state index contributed by atoms with van der Waals surface area (Å²) in [6.45, 7) is -0.935. The Kier molecular flexibility index (Phi) is 5.13. The molecule has 7 nitrogen and oxygen atoms in total. The Hall–Kier alpha value is -2.28. The van der Waals surface area contributed by atoms with Crippen molar-refractivity contribution >= 4 is 29.4 Å². The van der Waals surface area contributed by atoms with Crippen LogP contribution in [0.4, 0.5) is 0 Å². The monoisotopic (exact) mass is 286 g/mol. The molecule has 0 saturated heterocycles. The summed E-state index contributed by atoms with van der Waals surface area (Å²) in [6, 6.07) is 3.91. The SMILES string of the molecule is O=C(O)CNC(=O)CNC(=O)c1cc(Cl)ccc1O. The molecule has 0 aliphatic rings. The third-order valence-corrected chi connectivity index (χ3v) is 2.28. The largest absolute Gasteiger partial charge is 0.507 e. The van der Waals surface area contributed by atoms with Gasteiger partial charge in [-0.05, 0) is 18.2 Å². The van der Waals surface area contributed by atoms with Crippen LogP contribution in [0.15, 0.2) is 18.2 Å². The quantitative estimate of drug-likeness (QED) is 0.607. The summed E-state index contributed by atoms with van der Waals surface area (Å²) in [7, 11) is 0. The van der Waals surface area contributed by atoms with Gasteiger partial charge in [0.2, 0.25) is 5.91 Å². The van der Waals surface area contributed by atoms with Crippen molar-refractivity contribution in [2.24, 2.45) is 0 Å². The van der Waals surface area contributed by atoms with Gasteiger partial charge < -0.3 is 20.8 Å². The Bertz CT molecular complexity index is 518. The van der Waals surface area contributed by atoms with E-state index in [1.165, 1.54) is 18.2 Å². The molecule has 1 rings (SSSR count). The van der Waals surface area contributed by atoms with E-state index in [2.05, 4.69) is 10.6 Å². The van der Waals surface area contributed by atoms with Gasteiger partial charge in [0.15, 0.2) is 0 Å². The Morgan fingerprint density at radius 1 is 1.16 bits per heavy atom. The zero-order valence-corrected chi connectivity index (χ0v) is 10.4. The van der Waals surface area contributed by atoms with Gasteiger partial charge in [0.1, 0.15) is 12.3 Å². The highest BCUT2D eigenvalue weighted by Gasteiger charge is 2.13. The van der Waals surface area contributed by atoms with Gasteiger partial charge in [0, 0.05) is 5.02 Å². The number of amides is 2. The predicted molar refractivity (Wildman–Crippen MR) is 66.1 cm³/mol. The number of halogens is 1. The summed E-state index contributed by atoms with van der Waals surface area (Å²) in [4.78, 5) is 33.0. The normalized spacial score (nSPS) is 9.74. The van der Waals surface area contributed by atoms with Crippen molar-refractivity contribution in [3.63, 3.8) is 0 Å². The average Bonchev–Trinajstić information content (AvgIpc) is 2.36. The fourth-order valence-corrected chi connectivity index (χ4v) is 1.35. The van der Waals surface area contributed by atoms with Crippen LogP contribution in [0.1, 0.15) is 10.4 Å². The smallest absolute Gasteiger partial charge is 0.322 e. The van der Waals surface area contributed by atoms with Gasteiger partial charge in [-0.15, -0.1) is 0 Å². The molecular weight excluding hydrogens is 276 g/mol. The maximum atomic E-state index is 11.6. The number of rotatable bonds is 5. The Labute approximate surface area is 113 Å². The van der Waals surface area contributed by atoms with Crippen LogP contribution in [0, 0.1) is 0 Å². The van der Waals surface area contributed by atoms with Gasteiger partial charge in [-0.25, -0.2) is 0 Å². The van der Waals surface area contributed by atoms with Crippen LogP contribution in [0.5, 0.6) is 5.75 Å². The molecule has 0 fully saturated rings. The van der Waals surface area contributed by atoms with E-state index in [-0.39, 0.29) is 16.3 Å². The van der Waals surface area contributed by atoms with E-state index in [0.717, 1.165) is 0 Å². The van der Waals surface area contributed by atoms with Gasteiger partial charge in [-0.2, -0.15) is 0 Å². The molecule has 0 aliphatic carbocycles. The third kappa shape index (κ3) is 4.84. The van der Waals surface area contributed by atoms with Crippen molar-refractivity contribution in [3.8, 4) is 5.75 Å². The first kappa shape index (κ1) is 14.8. The van der Waals surface area contributed by atoms with Crippen LogP contribution in [-0.4, -0.2) is 41.1 Å². The number of carboxylic acid groups (broad SMARTS) is 1. The molecule has 4 N–H and O–H groups in total. The van der Waals surface area contributed by atoms with Crippen LogP contribution in [0.3, 0.4) is 0 Å². The highest BCUT2D eigenvalue weighted by Crippen LogP contribution is 2.20. The lowest BCUT2D eigenvalue weighted by atomic mass is 10.2. The third-order valence-electron chi connectivity index (χ3n) is 2.05. The molecule has 0 radical (unpaired) electrons. The Balaban J connectivity index is 2.53. The number of carbonyl (C=O) groups is 3. The highest BCUT2D eigenvalue weighted by atomic mass is 35.5. The van der Waals surface area contributed by atoms with E-state index < -0.39 is 30.9 Å². The lowest BCUT2D eigenvalue weighted by Crippen LogP contribution is -2.39. The molecule has 19 heavy (non-hydrogen) atoms. The molecule has 0 spiro atoms. The molecule has 0 atom stereocenters. The van der Waals surface area contributed by atoms with Crippen molar-refractivity contribution in [3.05, 3.63) is 28.8 Å². The van der Waals surface area contributed by atoms with Crippen molar-refractivity contribution in [2.45, 2.75) is 0 Å². The number of benzene rings is 1. The first-order chi connectivity index (χ1) is 8.90. The lowest BCUT2D eigenvalue weighted by Gasteiger charge is -2.07. The van der Waals surface area contributed by atoms with Crippen LogP contribution < -0.4 is 10.6 Å². The number of phenolic OH excluding ortho intramolecular Hbond substituents is 1. The second-order valence-electron chi connectivity index (χ2n) is 3.51. The molecule has 0 unspecified atom stereocenters. The predicted octanol–water partition coefficient (Wildman–Crippen LogP) is -0.0238. The molecule has 0 bridgehead atoms. The van der Waals surface area contributed by atoms with Crippen LogP contribution in [0.2, 0.25) is 5.02 Å². The number of phenols is 1. The number of carboxylic acids is 1.